The van der Waals surface area contributed by atoms with Crippen LogP contribution in [-0.2, 0) is 6.42 Å². The van der Waals surface area contributed by atoms with Crippen molar-refractivity contribution in [3.8, 4) is 11.5 Å². The summed E-state index contributed by atoms with van der Waals surface area (Å²) in [5.41, 5.74) is 3.68. The lowest BCUT2D eigenvalue weighted by Gasteiger charge is -2.21. The van der Waals surface area contributed by atoms with Crippen LogP contribution in [0.5, 0.6) is 11.5 Å². The highest BCUT2D eigenvalue weighted by atomic mass is 32.1. The molecule has 4 rings (SSSR count). The molecule has 0 unspecified atom stereocenters. The molecule has 34 heavy (non-hydrogen) atoms. The number of carbonyl (C=O) groups is 1. The number of nitrogens with one attached hydrogen (secondary N) is 1. The number of amides is 1. The van der Waals surface area contributed by atoms with E-state index in [1.54, 1.807) is 24.4 Å². The van der Waals surface area contributed by atoms with Gasteiger partial charge in [-0.25, -0.2) is 0 Å². The summed E-state index contributed by atoms with van der Waals surface area (Å²) in [6.45, 7) is 4.13. The number of carbonyl (C=O) groups excluding carboxylic acids is 1. The minimum absolute atomic E-state index is 0.308. The van der Waals surface area contributed by atoms with Crippen molar-refractivity contribution in [2.24, 2.45) is 0 Å². The number of pyridine rings is 1. The highest BCUT2D eigenvalue weighted by Crippen LogP contribution is 2.35. The molecule has 0 atom stereocenters. The van der Waals surface area contributed by atoms with Crippen molar-refractivity contribution in [1.82, 2.24) is 10.3 Å². The Bertz CT molecular complexity index is 1120. The fourth-order valence-corrected chi connectivity index (χ4v) is 4.14. The predicted molar refractivity (Wildman–Crippen MR) is 138 cm³/mol. The third kappa shape index (κ3) is 6.11. The minimum atomic E-state index is -0.308. The first kappa shape index (κ1) is 23.7. The van der Waals surface area contributed by atoms with Gasteiger partial charge in [0.2, 0.25) is 0 Å². The number of thiocarbonyl (C=S) groups is 1. The Balaban J connectivity index is 1.22. The molecule has 2 aromatic carbocycles. The second-order valence-corrected chi connectivity index (χ2v) is 8.59. The molecule has 1 aliphatic heterocycles. The first-order valence-corrected chi connectivity index (χ1v) is 12.0. The van der Waals surface area contributed by atoms with E-state index in [1.165, 1.54) is 5.56 Å². The van der Waals surface area contributed by atoms with Gasteiger partial charge in [0.15, 0.2) is 5.11 Å². The molecule has 0 fully saturated rings. The lowest BCUT2D eigenvalue weighted by Crippen LogP contribution is -2.42. The lowest BCUT2D eigenvalue weighted by atomic mass is 10.1. The zero-order valence-electron chi connectivity index (χ0n) is 19.3. The van der Waals surface area contributed by atoms with Crippen molar-refractivity contribution in [3.63, 3.8) is 0 Å². The second-order valence-electron chi connectivity index (χ2n) is 8.20. The Hall–Kier alpha value is -3.45. The Morgan fingerprint density at radius 3 is 2.56 bits per heavy atom. The van der Waals surface area contributed by atoms with Crippen molar-refractivity contribution in [1.29, 1.82) is 0 Å². The summed E-state index contributed by atoms with van der Waals surface area (Å²) < 4.78 is 11.9. The molecule has 2 heterocycles. The molecule has 0 radical (unpaired) electrons. The van der Waals surface area contributed by atoms with E-state index in [4.69, 9.17) is 21.7 Å². The summed E-state index contributed by atoms with van der Waals surface area (Å²) in [6, 6.07) is 19.3. The molecule has 3 aromatic rings. The van der Waals surface area contributed by atoms with E-state index in [9.17, 15) is 4.79 Å². The summed E-state index contributed by atoms with van der Waals surface area (Å²) in [5, 5.41) is 3.16. The van der Waals surface area contributed by atoms with Gasteiger partial charge in [0.25, 0.3) is 5.91 Å². The number of aryl methyl sites for hydroxylation is 1. The standard InChI is InChI=1S/C27H29N3O3S/c1-20-11-13-21(14-12-20)32-18-5-2-6-19-33-25-10-7-9-24-22(25)15-17-30(24)27(34)29-26(31)23-8-3-4-16-28-23/h3-4,7-14,16H,2,5-6,15,17-19H2,1H3,(H,29,31,34). The molecule has 1 aromatic heterocycles. The molecule has 0 bridgehead atoms. The molecule has 176 valence electrons. The summed E-state index contributed by atoms with van der Waals surface area (Å²) in [4.78, 5) is 18.4. The number of nitrogens with zero attached hydrogens (tertiary/aromatic N) is 2. The molecule has 0 spiro atoms. The number of unbranched alkanes of at least 4 members (excludes halogenated alkanes) is 2. The first-order chi connectivity index (χ1) is 16.6. The normalized spacial score (nSPS) is 12.2. The van der Waals surface area contributed by atoms with Gasteiger partial charge < -0.3 is 14.4 Å². The SMILES string of the molecule is Cc1ccc(OCCCCCOc2cccc3c2CCN3C(=S)NC(=O)c2ccccn2)cc1. The van der Waals surface area contributed by atoms with Crippen LogP contribution in [0.25, 0.3) is 0 Å². The highest BCUT2D eigenvalue weighted by Gasteiger charge is 2.26. The Morgan fingerprint density at radius 1 is 1.00 bits per heavy atom. The fourth-order valence-electron chi connectivity index (χ4n) is 3.86. The maximum atomic E-state index is 12.4. The van der Waals surface area contributed by atoms with Gasteiger partial charge in [0.1, 0.15) is 17.2 Å². The van der Waals surface area contributed by atoms with Gasteiger partial charge in [0.05, 0.1) is 18.9 Å². The van der Waals surface area contributed by atoms with E-state index in [0.717, 1.165) is 48.4 Å². The molecular formula is C27H29N3O3S. The number of hydrogen-bond donors (Lipinski definition) is 1. The van der Waals surface area contributed by atoms with Crippen molar-refractivity contribution in [2.45, 2.75) is 32.6 Å². The number of fused-ring (bicyclic) bond motifs is 1. The Morgan fingerprint density at radius 2 is 1.79 bits per heavy atom. The number of benzene rings is 2. The van der Waals surface area contributed by atoms with E-state index in [1.807, 2.05) is 35.2 Å². The Kier molecular flexibility index (Phi) is 8.09. The summed E-state index contributed by atoms with van der Waals surface area (Å²) in [5.74, 6) is 1.49. The quantitative estimate of drug-likeness (QED) is 0.343. The van der Waals surface area contributed by atoms with Crippen molar-refractivity contribution < 1.29 is 14.3 Å². The summed E-state index contributed by atoms with van der Waals surface area (Å²) in [7, 11) is 0. The number of hydrogen-bond acceptors (Lipinski definition) is 5. The number of rotatable bonds is 9. The average molecular weight is 476 g/mol. The van der Waals surface area contributed by atoms with Crippen molar-refractivity contribution in [2.75, 3.05) is 24.7 Å². The molecule has 0 saturated heterocycles. The van der Waals surface area contributed by atoms with Crippen LogP contribution in [0, 0.1) is 6.92 Å². The molecule has 7 heteroatoms. The van der Waals surface area contributed by atoms with E-state index in [2.05, 4.69) is 29.4 Å². The van der Waals surface area contributed by atoms with Crippen LogP contribution < -0.4 is 19.7 Å². The van der Waals surface area contributed by atoms with Gasteiger partial charge in [-0.2, -0.15) is 0 Å². The zero-order chi connectivity index (χ0) is 23.8. The molecule has 1 aliphatic rings. The number of aromatic nitrogens is 1. The van der Waals surface area contributed by atoms with Crippen LogP contribution in [0.15, 0.2) is 66.9 Å². The maximum absolute atomic E-state index is 12.4. The van der Waals surface area contributed by atoms with Crippen molar-refractivity contribution >= 4 is 28.9 Å². The third-order valence-corrected chi connectivity index (χ3v) is 6.01. The van der Waals surface area contributed by atoms with Crippen LogP contribution in [-0.4, -0.2) is 35.8 Å². The average Bonchev–Trinajstić information content (AvgIpc) is 3.30. The number of ether oxygens (including phenoxy) is 2. The smallest absolute Gasteiger partial charge is 0.276 e. The van der Waals surface area contributed by atoms with Crippen molar-refractivity contribution in [3.05, 3.63) is 83.7 Å². The van der Waals surface area contributed by atoms with Gasteiger partial charge >= 0.3 is 0 Å². The van der Waals surface area contributed by atoms with Crippen LogP contribution in [0.1, 0.15) is 40.9 Å². The molecule has 1 amide bonds. The van der Waals surface area contributed by atoms with Gasteiger partial charge in [-0.15, -0.1) is 0 Å². The van der Waals surface area contributed by atoms with E-state index < -0.39 is 0 Å². The second kappa shape index (κ2) is 11.6. The molecule has 0 aliphatic carbocycles. The van der Waals surface area contributed by atoms with Gasteiger partial charge in [0, 0.05) is 18.3 Å². The van der Waals surface area contributed by atoms with Gasteiger partial charge in [-0.05, 0) is 81.2 Å². The largest absolute Gasteiger partial charge is 0.494 e. The molecule has 0 saturated carbocycles. The summed E-state index contributed by atoms with van der Waals surface area (Å²) in [6.07, 6.45) is 5.39. The Labute approximate surface area is 205 Å². The van der Waals surface area contributed by atoms with Crippen LogP contribution in [0.3, 0.4) is 0 Å². The zero-order valence-corrected chi connectivity index (χ0v) is 20.1. The van der Waals surface area contributed by atoms with Crippen LogP contribution >= 0.6 is 12.2 Å². The molecular weight excluding hydrogens is 446 g/mol. The highest BCUT2D eigenvalue weighted by molar-refractivity contribution is 7.80. The topological polar surface area (TPSA) is 63.7 Å². The van der Waals surface area contributed by atoms with E-state index in [0.29, 0.717) is 30.6 Å². The van der Waals surface area contributed by atoms with E-state index >= 15 is 0 Å². The van der Waals surface area contributed by atoms with Gasteiger partial charge in [-0.3, -0.25) is 15.1 Å². The van der Waals surface area contributed by atoms with E-state index in [-0.39, 0.29) is 5.91 Å². The summed E-state index contributed by atoms with van der Waals surface area (Å²) >= 11 is 5.51. The minimum Gasteiger partial charge on any atom is -0.494 e. The monoisotopic (exact) mass is 475 g/mol. The predicted octanol–water partition coefficient (Wildman–Crippen LogP) is 5.10. The van der Waals surface area contributed by atoms with Crippen LogP contribution in [0.4, 0.5) is 5.69 Å². The number of anilines is 1. The molecule has 6 nitrogen and oxygen atoms in total. The lowest BCUT2D eigenvalue weighted by molar-refractivity contribution is 0.0972. The van der Waals surface area contributed by atoms with Gasteiger partial charge in [-0.1, -0.05) is 29.8 Å². The molecule has 1 N–H and O–H groups in total. The van der Waals surface area contributed by atoms with Crippen LogP contribution in [0.2, 0.25) is 0 Å². The maximum Gasteiger partial charge on any atom is 0.276 e. The fraction of sp³-hybridized carbons (Fsp3) is 0.296. The third-order valence-electron chi connectivity index (χ3n) is 5.68. The first-order valence-electron chi connectivity index (χ1n) is 11.6.